The van der Waals surface area contributed by atoms with Crippen molar-refractivity contribution in [2.75, 3.05) is 26.6 Å². The van der Waals surface area contributed by atoms with Gasteiger partial charge in [0.1, 0.15) is 17.1 Å². The zero-order chi connectivity index (χ0) is 20.7. The summed E-state index contributed by atoms with van der Waals surface area (Å²) < 4.78 is 14.9. The number of halogens is 1. The van der Waals surface area contributed by atoms with Crippen molar-refractivity contribution in [3.63, 3.8) is 0 Å². The van der Waals surface area contributed by atoms with Crippen LogP contribution in [0, 0.1) is 0 Å². The Kier molecular flexibility index (Phi) is 7.05. The maximum absolute atomic E-state index is 12.1. The number of rotatable bonds is 6. The summed E-state index contributed by atoms with van der Waals surface area (Å²) in [4.78, 5) is 35.9. The normalized spacial score (nSPS) is 9.96. The predicted molar refractivity (Wildman–Crippen MR) is 101 cm³/mol. The van der Waals surface area contributed by atoms with E-state index >= 15 is 0 Å². The number of nitrogens with one attached hydrogen (secondary N) is 2. The fraction of sp³-hybridized carbons (Fsp3) is 0.167. The second-order valence-electron chi connectivity index (χ2n) is 5.38. The lowest BCUT2D eigenvalue weighted by molar-refractivity contribution is -0.125. The van der Waals surface area contributed by atoms with Crippen LogP contribution in [0.15, 0.2) is 36.4 Å². The van der Waals surface area contributed by atoms with Crippen LogP contribution in [-0.2, 0) is 9.53 Å². The Hall–Kier alpha value is -3.46. The first-order valence-electron chi connectivity index (χ1n) is 7.89. The molecule has 2 aromatic rings. The van der Waals surface area contributed by atoms with Crippen LogP contribution < -0.4 is 26.1 Å². The number of carbonyl (C=O) groups is 3. The van der Waals surface area contributed by atoms with Crippen LogP contribution in [0.1, 0.15) is 20.7 Å². The van der Waals surface area contributed by atoms with E-state index in [1.165, 1.54) is 38.5 Å². The highest BCUT2D eigenvalue weighted by Crippen LogP contribution is 2.29. The Balaban J connectivity index is 1.87. The monoisotopic (exact) mass is 407 g/mol. The molecule has 0 aliphatic heterocycles. The van der Waals surface area contributed by atoms with Gasteiger partial charge in [-0.15, -0.1) is 0 Å². The third kappa shape index (κ3) is 5.27. The molecule has 0 spiro atoms. The van der Waals surface area contributed by atoms with Gasteiger partial charge in [0.15, 0.2) is 6.61 Å². The number of methoxy groups -OCH3 is 2. The first-order valence-corrected chi connectivity index (χ1v) is 8.27. The van der Waals surface area contributed by atoms with Crippen LogP contribution in [0.4, 0.5) is 5.69 Å². The lowest BCUT2D eigenvalue weighted by Gasteiger charge is -2.11. The molecule has 2 amide bonds. The molecule has 0 aliphatic carbocycles. The van der Waals surface area contributed by atoms with Crippen molar-refractivity contribution >= 4 is 35.1 Å². The number of hydrogen-bond acceptors (Lipinski definition) is 7. The summed E-state index contributed by atoms with van der Waals surface area (Å²) in [5.41, 5.74) is 10.5. The topological polar surface area (TPSA) is 129 Å². The van der Waals surface area contributed by atoms with Crippen molar-refractivity contribution in [3.05, 3.63) is 52.5 Å². The Labute approximate surface area is 165 Å². The molecular weight excluding hydrogens is 390 g/mol. The van der Waals surface area contributed by atoms with E-state index in [4.69, 9.17) is 31.5 Å². The highest BCUT2D eigenvalue weighted by atomic mass is 35.5. The fourth-order valence-corrected chi connectivity index (χ4v) is 2.25. The average Bonchev–Trinajstić information content (AvgIpc) is 2.71. The van der Waals surface area contributed by atoms with E-state index in [0.29, 0.717) is 11.3 Å². The Morgan fingerprint density at radius 2 is 1.71 bits per heavy atom. The summed E-state index contributed by atoms with van der Waals surface area (Å²) in [7, 11) is 2.85. The molecule has 0 atom stereocenters. The molecule has 0 bridgehead atoms. The molecular formula is C18H18ClN3O6. The van der Waals surface area contributed by atoms with Gasteiger partial charge in [0.05, 0.1) is 24.9 Å². The third-order valence-corrected chi connectivity index (χ3v) is 3.87. The first kappa shape index (κ1) is 20.8. The molecule has 0 aliphatic rings. The van der Waals surface area contributed by atoms with Gasteiger partial charge in [0.25, 0.3) is 11.8 Å². The van der Waals surface area contributed by atoms with Crippen LogP contribution in [0.2, 0.25) is 5.02 Å². The fourth-order valence-electron chi connectivity index (χ4n) is 2.08. The quantitative estimate of drug-likeness (QED) is 0.376. The molecule has 2 rings (SSSR count). The van der Waals surface area contributed by atoms with Crippen LogP contribution in [0.25, 0.3) is 0 Å². The molecule has 0 fully saturated rings. The highest BCUT2D eigenvalue weighted by Gasteiger charge is 2.18. The number of nitrogens with two attached hydrogens (primary N) is 1. The summed E-state index contributed by atoms with van der Waals surface area (Å²) in [6.07, 6.45) is 0. The van der Waals surface area contributed by atoms with Crippen LogP contribution in [-0.4, -0.2) is 38.6 Å². The largest absolute Gasteiger partial charge is 0.497 e. The van der Waals surface area contributed by atoms with Crippen LogP contribution in [0.5, 0.6) is 11.5 Å². The summed E-state index contributed by atoms with van der Waals surface area (Å²) in [5.74, 6) is -1.38. The number of hydrazine groups is 1. The average molecular weight is 408 g/mol. The SMILES string of the molecule is COc1ccc(C(=O)NNC(=O)COC(=O)c2cc(Cl)c(N)cc2OC)cc1. The van der Waals surface area contributed by atoms with Crippen LogP contribution in [0.3, 0.4) is 0 Å². The van der Waals surface area contributed by atoms with Gasteiger partial charge in [-0.05, 0) is 30.3 Å². The van der Waals surface area contributed by atoms with Gasteiger partial charge >= 0.3 is 5.97 Å². The number of anilines is 1. The summed E-state index contributed by atoms with van der Waals surface area (Å²) in [6.45, 7) is -0.632. The second-order valence-corrected chi connectivity index (χ2v) is 5.79. The van der Waals surface area contributed by atoms with E-state index in [-0.39, 0.29) is 22.0 Å². The van der Waals surface area contributed by atoms with Gasteiger partial charge in [-0.1, -0.05) is 11.6 Å². The number of carbonyl (C=O) groups excluding carboxylic acids is 3. The second kappa shape index (κ2) is 9.47. The minimum absolute atomic E-state index is 0.0109. The van der Waals surface area contributed by atoms with Gasteiger partial charge in [0, 0.05) is 11.6 Å². The number of nitrogen functional groups attached to an aromatic ring is 1. The summed E-state index contributed by atoms with van der Waals surface area (Å²) in [6, 6.07) is 8.90. The number of esters is 1. The molecule has 0 radical (unpaired) electrons. The van der Waals surface area contributed by atoms with E-state index in [9.17, 15) is 14.4 Å². The highest BCUT2D eigenvalue weighted by molar-refractivity contribution is 6.33. The van der Waals surface area contributed by atoms with Gasteiger partial charge in [-0.3, -0.25) is 20.4 Å². The van der Waals surface area contributed by atoms with E-state index in [1.54, 1.807) is 12.1 Å². The standard InChI is InChI=1S/C18H18ClN3O6/c1-26-11-5-3-10(4-6-11)17(24)22-21-16(23)9-28-18(25)12-7-13(19)14(20)8-15(12)27-2/h3-8H,9,20H2,1-2H3,(H,21,23)(H,22,24). The summed E-state index contributed by atoms with van der Waals surface area (Å²) in [5, 5.41) is 0.143. The predicted octanol–water partition coefficient (Wildman–Crippen LogP) is 1.56. The van der Waals surface area contributed by atoms with Crippen molar-refractivity contribution in [2.45, 2.75) is 0 Å². The maximum atomic E-state index is 12.1. The third-order valence-electron chi connectivity index (χ3n) is 3.54. The lowest BCUT2D eigenvalue weighted by atomic mass is 10.2. The number of benzene rings is 2. The molecule has 0 heterocycles. The minimum atomic E-state index is -0.838. The van der Waals surface area contributed by atoms with E-state index < -0.39 is 24.4 Å². The van der Waals surface area contributed by atoms with Gasteiger partial charge < -0.3 is 19.9 Å². The van der Waals surface area contributed by atoms with Crippen molar-refractivity contribution < 1.29 is 28.6 Å². The number of amides is 2. The zero-order valence-electron chi connectivity index (χ0n) is 15.1. The number of hydrogen-bond donors (Lipinski definition) is 3. The molecule has 28 heavy (non-hydrogen) atoms. The molecule has 0 aromatic heterocycles. The lowest BCUT2D eigenvalue weighted by Crippen LogP contribution is -2.43. The zero-order valence-corrected chi connectivity index (χ0v) is 15.8. The van der Waals surface area contributed by atoms with Crippen molar-refractivity contribution in [1.82, 2.24) is 10.9 Å². The summed E-state index contributed by atoms with van der Waals surface area (Å²) >= 11 is 5.89. The minimum Gasteiger partial charge on any atom is -0.497 e. The Bertz CT molecular complexity index is 886. The first-order chi connectivity index (χ1) is 13.3. The molecule has 4 N–H and O–H groups in total. The molecule has 148 valence electrons. The molecule has 9 nitrogen and oxygen atoms in total. The molecule has 0 unspecified atom stereocenters. The Morgan fingerprint density at radius 1 is 1.04 bits per heavy atom. The Morgan fingerprint density at radius 3 is 2.32 bits per heavy atom. The smallest absolute Gasteiger partial charge is 0.342 e. The molecule has 10 heteroatoms. The van der Waals surface area contributed by atoms with Gasteiger partial charge in [-0.25, -0.2) is 4.79 Å². The van der Waals surface area contributed by atoms with Crippen molar-refractivity contribution in [3.8, 4) is 11.5 Å². The van der Waals surface area contributed by atoms with Crippen molar-refractivity contribution in [2.24, 2.45) is 0 Å². The maximum Gasteiger partial charge on any atom is 0.342 e. The van der Waals surface area contributed by atoms with E-state index in [1.807, 2.05) is 0 Å². The van der Waals surface area contributed by atoms with Gasteiger partial charge in [0.2, 0.25) is 0 Å². The van der Waals surface area contributed by atoms with Crippen LogP contribution >= 0.6 is 11.6 Å². The van der Waals surface area contributed by atoms with E-state index in [0.717, 1.165) is 0 Å². The molecule has 0 saturated carbocycles. The number of ether oxygens (including phenoxy) is 3. The molecule has 0 saturated heterocycles. The van der Waals surface area contributed by atoms with E-state index in [2.05, 4.69) is 10.9 Å². The van der Waals surface area contributed by atoms with Gasteiger partial charge in [-0.2, -0.15) is 0 Å². The van der Waals surface area contributed by atoms with Crippen molar-refractivity contribution in [1.29, 1.82) is 0 Å². The molecule has 2 aromatic carbocycles.